The van der Waals surface area contributed by atoms with Gasteiger partial charge in [0.2, 0.25) is 17.7 Å². The van der Waals surface area contributed by atoms with E-state index in [1.165, 1.54) is 11.8 Å². The Bertz CT molecular complexity index is 1110. The molecule has 0 radical (unpaired) electrons. The van der Waals surface area contributed by atoms with E-state index in [4.69, 9.17) is 0 Å². The molecule has 33 heavy (non-hydrogen) atoms. The number of nitrogens with zero attached hydrogens (tertiary/aromatic N) is 2. The molecule has 1 aliphatic heterocycles. The highest BCUT2D eigenvalue weighted by Crippen LogP contribution is 2.23. The fourth-order valence-electron chi connectivity index (χ4n) is 2.81. The van der Waals surface area contributed by atoms with Gasteiger partial charge in [-0.1, -0.05) is 62.9 Å². The summed E-state index contributed by atoms with van der Waals surface area (Å²) in [5.74, 6) is -0.604. The van der Waals surface area contributed by atoms with Gasteiger partial charge in [-0.25, -0.2) is 0 Å². The zero-order valence-electron chi connectivity index (χ0n) is 19.0. The van der Waals surface area contributed by atoms with Crippen LogP contribution in [0.15, 0.2) is 64.8 Å². The molecule has 0 spiro atoms. The number of amides is 3. The van der Waals surface area contributed by atoms with E-state index in [-0.39, 0.29) is 24.1 Å². The number of hydrogen-bond acceptors (Lipinski definition) is 6. The molecule has 1 heterocycles. The van der Waals surface area contributed by atoms with Crippen LogP contribution in [0.3, 0.4) is 0 Å². The number of amidine groups is 1. The molecule has 3 amide bonds. The first kappa shape index (κ1) is 24.2. The Hall–Kier alpha value is -3.46. The lowest BCUT2D eigenvalue weighted by molar-refractivity contribution is -0.123. The highest BCUT2D eigenvalue weighted by atomic mass is 32.2. The number of anilines is 2. The fourth-order valence-corrected chi connectivity index (χ4v) is 3.72. The quantitative estimate of drug-likeness (QED) is 0.442. The predicted molar refractivity (Wildman–Crippen MR) is 133 cm³/mol. The van der Waals surface area contributed by atoms with Gasteiger partial charge >= 0.3 is 0 Å². The van der Waals surface area contributed by atoms with Gasteiger partial charge in [-0.05, 0) is 36.8 Å². The van der Waals surface area contributed by atoms with Gasteiger partial charge in [-0.3, -0.25) is 14.4 Å². The number of carbonyl (C=O) groups excluding carboxylic acids is 3. The van der Waals surface area contributed by atoms with Crippen molar-refractivity contribution < 1.29 is 14.4 Å². The van der Waals surface area contributed by atoms with E-state index in [9.17, 15) is 14.4 Å². The molecule has 1 unspecified atom stereocenters. The lowest BCUT2D eigenvalue weighted by Gasteiger charge is -2.17. The summed E-state index contributed by atoms with van der Waals surface area (Å²) in [6.45, 7) is 7.34. The van der Waals surface area contributed by atoms with Crippen molar-refractivity contribution in [3.05, 3.63) is 60.2 Å². The number of thioether (sulfide) groups is 1. The summed E-state index contributed by atoms with van der Waals surface area (Å²) in [6, 6.07) is 16.4. The summed E-state index contributed by atoms with van der Waals surface area (Å²) in [5, 5.41) is 16.5. The Kier molecular flexibility index (Phi) is 7.65. The normalized spacial score (nSPS) is 17.6. The van der Waals surface area contributed by atoms with E-state index in [1.54, 1.807) is 19.1 Å². The number of benzene rings is 2. The van der Waals surface area contributed by atoms with Gasteiger partial charge in [0.05, 0.1) is 5.71 Å². The van der Waals surface area contributed by atoms with Crippen LogP contribution in [0.2, 0.25) is 0 Å². The van der Waals surface area contributed by atoms with Crippen molar-refractivity contribution in [1.82, 2.24) is 5.32 Å². The minimum atomic E-state index is -0.570. The van der Waals surface area contributed by atoms with Gasteiger partial charge in [0.25, 0.3) is 0 Å². The molecule has 1 saturated heterocycles. The van der Waals surface area contributed by atoms with Crippen LogP contribution >= 0.6 is 11.8 Å². The molecule has 9 heteroatoms. The molecule has 2 aromatic carbocycles. The third kappa shape index (κ3) is 7.01. The summed E-state index contributed by atoms with van der Waals surface area (Å²) in [4.78, 5) is 36.7. The fraction of sp³-hybridized carbons (Fsp3) is 0.292. The molecule has 3 N–H and O–H groups in total. The molecule has 0 aromatic heterocycles. The number of carbonyl (C=O) groups is 3. The van der Waals surface area contributed by atoms with Crippen LogP contribution in [0.25, 0.3) is 0 Å². The zero-order valence-corrected chi connectivity index (χ0v) is 19.8. The second-order valence-electron chi connectivity index (χ2n) is 8.59. The van der Waals surface area contributed by atoms with Gasteiger partial charge in [0, 0.05) is 23.2 Å². The maximum Gasteiger partial charge on any atom is 0.240 e. The van der Waals surface area contributed by atoms with Crippen molar-refractivity contribution >= 4 is 51.7 Å². The third-order valence-electron chi connectivity index (χ3n) is 4.72. The predicted octanol–water partition coefficient (Wildman–Crippen LogP) is 4.01. The molecule has 2 aromatic rings. The first-order valence-corrected chi connectivity index (χ1v) is 11.4. The molecule has 1 fully saturated rings. The number of nitrogens with one attached hydrogen (secondary N) is 3. The Morgan fingerprint density at radius 3 is 2.42 bits per heavy atom. The zero-order chi connectivity index (χ0) is 24.0. The molecule has 1 aliphatic rings. The van der Waals surface area contributed by atoms with Gasteiger partial charge in [-0.2, -0.15) is 5.10 Å². The van der Waals surface area contributed by atoms with Crippen LogP contribution in [-0.4, -0.2) is 33.9 Å². The topological polar surface area (TPSA) is 112 Å². The standard InChI is InChI=1S/C24H27N5O3S/c1-15(16-9-8-12-18(13-16)26-22(32)24(2,3)4)28-29-23-27-21(31)19(33-23)14-20(30)25-17-10-6-5-7-11-17/h5-13,19H,14H2,1-4H3,(H,25,30)(H,26,32)(H,27,29,31). The van der Waals surface area contributed by atoms with Crippen LogP contribution in [-0.2, 0) is 14.4 Å². The summed E-state index contributed by atoms with van der Waals surface area (Å²) in [6.07, 6.45) is 0.0304. The summed E-state index contributed by atoms with van der Waals surface area (Å²) in [5.41, 5.74) is 2.26. The lowest BCUT2D eigenvalue weighted by atomic mass is 9.95. The van der Waals surface area contributed by atoms with Crippen LogP contribution in [0.1, 0.15) is 39.7 Å². The molecular formula is C24H27N5O3S. The summed E-state index contributed by atoms with van der Waals surface area (Å²) >= 11 is 1.17. The van der Waals surface area contributed by atoms with E-state index in [2.05, 4.69) is 26.2 Å². The molecule has 172 valence electrons. The van der Waals surface area contributed by atoms with Crippen molar-refractivity contribution in [3.63, 3.8) is 0 Å². The average Bonchev–Trinajstić information content (AvgIpc) is 3.11. The van der Waals surface area contributed by atoms with Gasteiger partial charge in [0.1, 0.15) is 5.25 Å². The molecule has 0 saturated carbocycles. The first-order chi connectivity index (χ1) is 15.6. The van der Waals surface area contributed by atoms with Crippen molar-refractivity contribution in [2.75, 3.05) is 10.6 Å². The van der Waals surface area contributed by atoms with Crippen LogP contribution in [0.5, 0.6) is 0 Å². The maximum absolute atomic E-state index is 12.2. The minimum absolute atomic E-state index is 0.0304. The van der Waals surface area contributed by atoms with Crippen molar-refractivity contribution in [2.24, 2.45) is 15.6 Å². The highest BCUT2D eigenvalue weighted by molar-refractivity contribution is 8.15. The highest BCUT2D eigenvalue weighted by Gasteiger charge is 2.32. The van der Waals surface area contributed by atoms with Crippen LogP contribution in [0.4, 0.5) is 11.4 Å². The lowest BCUT2D eigenvalue weighted by Crippen LogP contribution is -2.28. The van der Waals surface area contributed by atoms with Crippen LogP contribution < -0.4 is 16.0 Å². The van der Waals surface area contributed by atoms with Gasteiger partial charge in [-0.15, -0.1) is 5.10 Å². The second-order valence-corrected chi connectivity index (χ2v) is 9.78. The van der Waals surface area contributed by atoms with Crippen molar-refractivity contribution in [3.8, 4) is 0 Å². The van der Waals surface area contributed by atoms with E-state index in [1.807, 2.05) is 63.2 Å². The van der Waals surface area contributed by atoms with E-state index in [0.717, 1.165) is 5.56 Å². The van der Waals surface area contributed by atoms with Crippen molar-refractivity contribution in [2.45, 2.75) is 39.4 Å². The number of para-hydroxylation sites is 1. The van der Waals surface area contributed by atoms with Gasteiger partial charge in [0.15, 0.2) is 5.17 Å². The largest absolute Gasteiger partial charge is 0.326 e. The average molecular weight is 466 g/mol. The molecule has 1 atom stereocenters. The van der Waals surface area contributed by atoms with Crippen LogP contribution in [0, 0.1) is 5.41 Å². The second kappa shape index (κ2) is 10.4. The molecule has 0 bridgehead atoms. The van der Waals surface area contributed by atoms with Crippen molar-refractivity contribution in [1.29, 1.82) is 0 Å². The number of rotatable bonds is 6. The van der Waals surface area contributed by atoms with E-state index in [0.29, 0.717) is 22.3 Å². The molecular weight excluding hydrogens is 438 g/mol. The minimum Gasteiger partial charge on any atom is -0.326 e. The Labute approximate surface area is 197 Å². The molecule has 0 aliphatic carbocycles. The Morgan fingerprint density at radius 2 is 1.73 bits per heavy atom. The van der Waals surface area contributed by atoms with Gasteiger partial charge < -0.3 is 16.0 Å². The molecule has 8 nitrogen and oxygen atoms in total. The Morgan fingerprint density at radius 1 is 1.03 bits per heavy atom. The summed E-state index contributed by atoms with van der Waals surface area (Å²) < 4.78 is 0. The third-order valence-corrected chi connectivity index (χ3v) is 5.79. The molecule has 3 rings (SSSR count). The first-order valence-electron chi connectivity index (χ1n) is 10.5. The maximum atomic E-state index is 12.2. The number of hydrogen-bond donors (Lipinski definition) is 3. The smallest absolute Gasteiger partial charge is 0.240 e. The monoisotopic (exact) mass is 465 g/mol. The van der Waals surface area contributed by atoms with E-state index >= 15 is 0 Å². The van der Waals surface area contributed by atoms with E-state index < -0.39 is 10.7 Å². The SMILES string of the molecule is CC(=NN=C1NC(=O)C(CC(=O)Nc2ccccc2)S1)c1cccc(NC(=O)C(C)(C)C)c1. The summed E-state index contributed by atoms with van der Waals surface area (Å²) in [7, 11) is 0. The Balaban J connectivity index is 1.61.